The highest BCUT2D eigenvalue weighted by Crippen LogP contribution is 2.23. The lowest BCUT2D eigenvalue weighted by Gasteiger charge is -2.07. The zero-order valence-electron chi connectivity index (χ0n) is 10.1. The number of carbonyl (C=O) groups excluding carboxylic acids is 1. The molecule has 0 aliphatic rings. The Bertz CT molecular complexity index is 507. The van der Waals surface area contributed by atoms with E-state index in [1.165, 1.54) is 0 Å². The van der Waals surface area contributed by atoms with Crippen LogP contribution in [0.2, 0.25) is 0 Å². The van der Waals surface area contributed by atoms with Crippen LogP contribution in [0.4, 0.5) is 0 Å². The van der Waals surface area contributed by atoms with Crippen LogP contribution in [0, 0.1) is 5.92 Å². The third kappa shape index (κ3) is 2.96. The summed E-state index contributed by atoms with van der Waals surface area (Å²) >= 11 is 1.56. The first-order valence-electron chi connectivity index (χ1n) is 5.66. The maximum absolute atomic E-state index is 11.5. The Balaban J connectivity index is 1.93. The topological polar surface area (TPSA) is 81.2 Å². The number of nitrogens with one attached hydrogen (secondary N) is 1. The van der Waals surface area contributed by atoms with E-state index in [9.17, 15) is 4.79 Å². The van der Waals surface area contributed by atoms with Crippen molar-refractivity contribution in [2.24, 2.45) is 11.7 Å². The van der Waals surface area contributed by atoms with Crippen LogP contribution in [0.1, 0.15) is 12.6 Å². The molecule has 2 heterocycles. The fourth-order valence-corrected chi connectivity index (χ4v) is 2.02. The fourth-order valence-electron chi connectivity index (χ4n) is 1.36. The first-order chi connectivity index (χ1) is 8.70. The highest BCUT2D eigenvalue weighted by molar-refractivity contribution is 7.13. The molecule has 0 saturated heterocycles. The SMILES string of the molecule is CC(CN)C(=O)NCc1coc(-c2cccs2)n1. The second-order valence-corrected chi connectivity index (χ2v) is 4.92. The van der Waals surface area contributed by atoms with Crippen molar-refractivity contribution in [2.75, 3.05) is 6.54 Å². The summed E-state index contributed by atoms with van der Waals surface area (Å²) in [6.45, 7) is 2.48. The Labute approximate surface area is 109 Å². The van der Waals surface area contributed by atoms with Crippen molar-refractivity contribution in [3.8, 4) is 10.8 Å². The van der Waals surface area contributed by atoms with Crippen molar-refractivity contribution in [3.63, 3.8) is 0 Å². The number of carbonyl (C=O) groups is 1. The van der Waals surface area contributed by atoms with Gasteiger partial charge in [-0.1, -0.05) is 13.0 Å². The summed E-state index contributed by atoms with van der Waals surface area (Å²) in [6, 6.07) is 3.88. The molecule has 0 saturated carbocycles. The Hall–Kier alpha value is -1.66. The molecule has 1 amide bonds. The minimum absolute atomic E-state index is 0.0711. The van der Waals surface area contributed by atoms with Gasteiger partial charge in [0.25, 0.3) is 0 Å². The van der Waals surface area contributed by atoms with E-state index < -0.39 is 0 Å². The molecule has 1 unspecified atom stereocenters. The Morgan fingerprint density at radius 3 is 3.17 bits per heavy atom. The largest absolute Gasteiger partial charge is 0.443 e. The molecule has 1 atom stereocenters. The van der Waals surface area contributed by atoms with Crippen molar-refractivity contribution in [3.05, 3.63) is 29.5 Å². The van der Waals surface area contributed by atoms with E-state index in [-0.39, 0.29) is 11.8 Å². The molecule has 0 radical (unpaired) electrons. The maximum atomic E-state index is 11.5. The fraction of sp³-hybridized carbons (Fsp3) is 0.333. The van der Waals surface area contributed by atoms with E-state index in [0.29, 0.717) is 24.7 Å². The average molecular weight is 265 g/mol. The van der Waals surface area contributed by atoms with Gasteiger partial charge in [-0.05, 0) is 11.4 Å². The third-order valence-electron chi connectivity index (χ3n) is 2.53. The molecule has 3 N–H and O–H groups in total. The monoisotopic (exact) mass is 265 g/mol. The number of nitrogens with two attached hydrogens (primary N) is 1. The summed E-state index contributed by atoms with van der Waals surface area (Å²) in [7, 11) is 0. The number of thiophene rings is 1. The van der Waals surface area contributed by atoms with E-state index in [0.717, 1.165) is 4.88 Å². The predicted octanol–water partition coefficient (Wildman–Crippen LogP) is 1.61. The van der Waals surface area contributed by atoms with Gasteiger partial charge in [0.15, 0.2) is 0 Å². The zero-order valence-corrected chi connectivity index (χ0v) is 10.9. The summed E-state index contributed by atoms with van der Waals surface area (Å²) in [6.07, 6.45) is 1.56. The second kappa shape index (κ2) is 5.79. The molecule has 2 aromatic rings. The molecule has 0 bridgehead atoms. The lowest BCUT2D eigenvalue weighted by atomic mass is 10.2. The number of rotatable bonds is 5. The minimum atomic E-state index is -0.186. The van der Waals surface area contributed by atoms with Gasteiger partial charge in [0, 0.05) is 12.5 Å². The highest BCUT2D eigenvalue weighted by Gasteiger charge is 2.12. The van der Waals surface area contributed by atoms with Gasteiger partial charge in [-0.3, -0.25) is 4.79 Å². The maximum Gasteiger partial charge on any atom is 0.236 e. The smallest absolute Gasteiger partial charge is 0.236 e. The molecule has 0 spiro atoms. The van der Waals surface area contributed by atoms with Gasteiger partial charge < -0.3 is 15.5 Å². The van der Waals surface area contributed by atoms with Gasteiger partial charge in [0.1, 0.15) is 6.26 Å². The lowest BCUT2D eigenvalue weighted by molar-refractivity contribution is -0.124. The normalized spacial score (nSPS) is 12.3. The van der Waals surface area contributed by atoms with E-state index in [2.05, 4.69) is 10.3 Å². The van der Waals surface area contributed by atoms with Crippen LogP contribution in [0.15, 0.2) is 28.2 Å². The molecule has 0 aromatic carbocycles. The average Bonchev–Trinajstić information content (AvgIpc) is 3.04. The molecule has 0 aliphatic heterocycles. The van der Waals surface area contributed by atoms with Gasteiger partial charge in [0.2, 0.25) is 11.8 Å². The van der Waals surface area contributed by atoms with Gasteiger partial charge in [-0.2, -0.15) is 0 Å². The molecule has 6 heteroatoms. The van der Waals surface area contributed by atoms with Crippen molar-refractivity contribution in [1.82, 2.24) is 10.3 Å². The van der Waals surface area contributed by atoms with Gasteiger partial charge in [0.05, 0.1) is 17.1 Å². The van der Waals surface area contributed by atoms with Crippen LogP contribution < -0.4 is 11.1 Å². The molecule has 2 rings (SSSR count). The summed E-state index contributed by atoms with van der Waals surface area (Å²) < 4.78 is 5.35. The molecule has 18 heavy (non-hydrogen) atoms. The number of oxazole rings is 1. The first kappa shape index (κ1) is 12.8. The summed E-state index contributed by atoms with van der Waals surface area (Å²) in [4.78, 5) is 16.8. The van der Waals surface area contributed by atoms with Gasteiger partial charge in [-0.25, -0.2) is 4.98 Å². The Kier molecular flexibility index (Phi) is 4.11. The molecule has 2 aromatic heterocycles. The molecule has 0 fully saturated rings. The molecule has 96 valence electrons. The standard InChI is InChI=1S/C12H15N3O2S/c1-8(5-13)11(16)14-6-9-7-17-12(15-9)10-3-2-4-18-10/h2-4,7-8H,5-6,13H2,1H3,(H,14,16). The minimum Gasteiger partial charge on any atom is -0.443 e. The lowest BCUT2D eigenvalue weighted by Crippen LogP contribution is -2.32. The van der Waals surface area contributed by atoms with Gasteiger partial charge >= 0.3 is 0 Å². The Morgan fingerprint density at radius 1 is 1.67 bits per heavy atom. The van der Waals surface area contributed by atoms with E-state index in [1.54, 1.807) is 24.5 Å². The van der Waals surface area contributed by atoms with Crippen LogP contribution in [0.5, 0.6) is 0 Å². The summed E-state index contributed by atoms with van der Waals surface area (Å²) in [5.41, 5.74) is 6.12. The number of aromatic nitrogens is 1. The number of nitrogens with zero attached hydrogens (tertiary/aromatic N) is 1. The van der Waals surface area contributed by atoms with Crippen molar-refractivity contribution < 1.29 is 9.21 Å². The Morgan fingerprint density at radius 2 is 2.50 bits per heavy atom. The molecular weight excluding hydrogens is 250 g/mol. The third-order valence-corrected chi connectivity index (χ3v) is 3.39. The zero-order chi connectivity index (χ0) is 13.0. The van der Waals surface area contributed by atoms with Crippen LogP contribution >= 0.6 is 11.3 Å². The van der Waals surface area contributed by atoms with Crippen molar-refractivity contribution in [1.29, 1.82) is 0 Å². The summed E-state index contributed by atoms with van der Waals surface area (Å²) in [5, 5.41) is 4.73. The molecular formula is C12H15N3O2S. The van der Waals surface area contributed by atoms with Crippen LogP contribution in [0.3, 0.4) is 0 Å². The second-order valence-electron chi connectivity index (χ2n) is 3.98. The predicted molar refractivity (Wildman–Crippen MR) is 69.9 cm³/mol. The quantitative estimate of drug-likeness (QED) is 0.860. The molecule has 5 nitrogen and oxygen atoms in total. The summed E-state index contributed by atoms with van der Waals surface area (Å²) in [5.74, 6) is 0.327. The van der Waals surface area contributed by atoms with Crippen LogP contribution in [0.25, 0.3) is 10.8 Å². The van der Waals surface area contributed by atoms with Crippen LogP contribution in [-0.2, 0) is 11.3 Å². The van der Waals surface area contributed by atoms with Crippen LogP contribution in [-0.4, -0.2) is 17.4 Å². The van der Waals surface area contributed by atoms with E-state index >= 15 is 0 Å². The molecule has 0 aliphatic carbocycles. The van der Waals surface area contributed by atoms with E-state index in [4.69, 9.17) is 10.2 Å². The highest BCUT2D eigenvalue weighted by atomic mass is 32.1. The first-order valence-corrected chi connectivity index (χ1v) is 6.54. The number of hydrogen-bond donors (Lipinski definition) is 2. The van der Waals surface area contributed by atoms with Crippen molar-refractivity contribution in [2.45, 2.75) is 13.5 Å². The number of hydrogen-bond acceptors (Lipinski definition) is 5. The van der Waals surface area contributed by atoms with Gasteiger partial charge in [-0.15, -0.1) is 11.3 Å². The van der Waals surface area contributed by atoms with E-state index in [1.807, 2.05) is 17.5 Å². The van der Waals surface area contributed by atoms with Crippen molar-refractivity contribution >= 4 is 17.2 Å². The number of amides is 1.